The monoisotopic (exact) mass is 255 g/mol. The highest BCUT2D eigenvalue weighted by atomic mass is 35.5. The number of carbonyl (C=O) groups excluding carboxylic acids is 1. The van der Waals surface area contributed by atoms with E-state index in [1.54, 1.807) is 4.90 Å². The maximum atomic E-state index is 11.6. The standard InChI is InChI=1S/C12H14ClNO3/c1-2-14(11(15)6-13)7-9-4-3-5-10-12(9)17-8-16-10/h3-5H,2,6-8H2,1H3. The second kappa shape index (κ2) is 5.27. The Labute approximate surface area is 105 Å². The number of nitrogens with zero attached hydrogens (tertiary/aromatic N) is 1. The second-order valence-corrected chi connectivity index (χ2v) is 3.96. The van der Waals surface area contributed by atoms with Crippen LogP contribution in [0.2, 0.25) is 0 Å². The summed E-state index contributed by atoms with van der Waals surface area (Å²) < 4.78 is 10.7. The predicted molar refractivity (Wildman–Crippen MR) is 64.4 cm³/mol. The fourth-order valence-corrected chi connectivity index (χ4v) is 1.95. The normalized spacial score (nSPS) is 12.6. The Morgan fingerprint density at radius 1 is 1.47 bits per heavy atom. The van der Waals surface area contributed by atoms with Crippen molar-refractivity contribution in [1.82, 2.24) is 4.90 Å². The van der Waals surface area contributed by atoms with Crippen LogP contribution < -0.4 is 9.47 Å². The maximum Gasteiger partial charge on any atom is 0.237 e. The zero-order valence-electron chi connectivity index (χ0n) is 9.61. The summed E-state index contributed by atoms with van der Waals surface area (Å²) in [5.74, 6) is 1.39. The van der Waals surface area contributed by atoms with Crippen LogP contribution in [-0.4, -0.2) is 30.0 Å². The van der Waals surface area contributed by atoms with Crippen LogP contribution in [0.1, 0.15) is 12.5 Å². The molecular weight excluding hydrogens is 242 g/mol. The van der Waals surface area contributed by atoms with Crippen molar-refractivity contribution < 1.29 is 14.3 Å². The molecule has 1 aliphatic heterocycles. The third-order valence-corrected chi connectivity index (χ3v) is 2.92. The zero-order chi connectivity index (χ0) is 12.3. The molecule has 0 aromatic heterocycles. The van der Waals surface area contributed by atoms with E-state index in [0.717, 1.165) is 17.1 Å². The Balaban J connectivity index is 2.18. The van der Waals surface area contributed by atoms with Gasteiger partial charge in [0.05, 0.1) is 0 Å². The number of fused-ring (bicyclic) bond motifs is 1. The molecule has 1 heterocycles. The molecule has 0 bridgehead atoms. The number of hydrogen-bond acceptors (Lipinski definition) is 3. The predicted octanol–water partition coefficient (Wildman–Crippen LogP) is 2.00. The third-order valence-electron chi connectivity index (χ3n) is 2.69. The summed E-state index contributed by atoms with van der Waals surface area (Å²) >= 11 is 5.56. The number of para-hydroxylation sites is 1. The van der Waals surface area contributed by atoms with E-state index in [1.165, 1.54) is 0 Å². The van der Waals surface area contributed by atoms with Crippen LogP contribution >= 0.6 is 11.6 Å². The number of halogens is 1. The highest BCUT2D eigenvalue weighted by Crippen LogP contribution is 2.35. The van der Waals surface area contributed by atoms with Crippen LogP contribution in [0.3, 0.4) is 0 Å². The Morgan fingerprint density at radius 2 is 2.29 bits per heavy atom. The van der Waals surface area contributed by atoms with Gasteiger partial charge >= 0.3 is 0 Å². The molecule has 5 heteroatoms. The average Bonchev–Trinajstić information content (AvgIpc) is 2.83. The minimum Gasteiger partial charge on any atom is -0.454 e. The van der Waals surface area contributed by atoms with Gasteiger partial charge in [-0.25, -0.2) is 0 Å². The lowest BCUT2D eigenvalue weighted by molar-refractivity contribution is -0.128. The Bertz CT molecular complexity index is 422. The smallest absolute Gasteiger partial charge is 0.237 e. The zero-order valence-corrected chi connectivity index (χ0v) is 10.4. The van der Waals surface area contributed by atoms with E-state index >= 15 is 0 Å². The fraction of sp³-hybridized carbons (Fsp3) is 0.417. The van der Waals surface area contributed by atoms with Crippen molar-refractivity contribution in [1.29, 1.82) is 0 Å². The van der Waals surface area contributed by atoms with Gasteiger partial charge in [-0.2, -0.15) is 0 Å². The third kappa shape index (κ3) is 2.47. The molecule has 0 atom stereocenters. The van der Waals surface area contributed by atoms with E-state index < -0.39 is 0 Å². The minimum absolute atomic E-state index is 0.000219. The SMILES string of the molecule is CCN(Cc1cccc2c1OCO2)C(=O)CCl. The van der Waals surface area contributed by atoms with Crippen LogP contribution in [0, 0.1) is 0 Å². The van der Waals surface area contributed by atoms with Crippen LogP contribution in [0.4, 0.5) is 0 Å². The highest BCUT2D eigenvalue weighted by Gasteiger charge is 2.20. The first kappa shape index (κ1) is 12.0. The Hall–Kier alpha value is -1.42. The minimum atomic E-state index is -0.0781. The van der Waals surface area contributed by atoms with Crippen molar-refractivity contribution in [3.63, 3.8) is 0 Å². The number of rotatable bonds is 4. The molecule has 0 saturated carbocycles. The first-order chi connectivity index (χ1) is 8.26. The number of alkyl halides is 1. The summed E-state index contributed by atoms with van der Waals surface area (Å²) in [5, 5.41) is 0. The van der Waals surface area contributed by atoms with Gasteiger partial charge in [-0.15, -0.1) is 11.6 Å². The maximum absolute atomic E-state index is 11.6. The summed E-state index contributed by atoms with van der Waals surface area (Å²) in [6.07, 6.45) is 0. The van der Waals surface area contributed by atoms with Gasteiger partial charge in [0.1, 0.15) is 5.88 Å². The quantitative estimate of drug-likeness (QED) is 0.773. The van der Waals surface area contributed by atoms with Crippen molar-refractivity contribution in [2.45, 2.75) is 13.5 Å². The second-order valence-electron chi connectivity index (χ2n) is 3.69. The molecule has 17 heavy (non-hydrogen) atoms. The molecule has 0 spiro atoms. The first-order valence-corrected chi connectivity index (χ1v) is 6.01. The van der Waals surface area contributed by atoms with Gasteiger partial charge in [0, 0.05) is 18.7 Å². The molecule has 0 N–H and O–H groups in total. The van der Waals surface area contributed by atoms with E-state index in [0.29, 0.717) is 13.1 Å². The van der Waals surface area contributed by atoms with E-state index in [9.17, 15) is 4.79 Å². The van der Waals surface area contributed by atoms with E-state index in [2.05, 4.69) is 0 Å². The van der Waals surface area contributed by atoms with Gasteiger partial charge < -0.3 is 14.4 Å². The van der Waals surface area contributed by atoms with Gasteiger partial charge in [-0.1, -0.05) is 12.1 Å². The summed E-state index contributed by atoms with van der Waals surface area (Å²) in [6.45, 7) is 3.28. The first-order valence-electron chi connectivity index (χ1n) is 5.47. The van der Waals surface area contributed by atoms with Crippen LogP contribution in [0.25, 0.3) is 0 Å². The van der Waals surface area contributed by atoms with Crippen molar-refractivity contribution in [2.75, 3.05) is 19.2 Å². The molecule has 0 radical (unpaired) electrons. The van der Waals surface area contributed by atoms with E-state index in [-0.39, 0.29) is 18.6 Å². The highest BCUT2D eigenvalue weighted by molar-refractivity contribution is 6.27. The number of ether oxygens (including phenoxy) is 2. The summed E-state index contributed by atoms with van der Waals surface area (Å²) in [4.78, 5) is 13.3. The van der Waals surface area contributed by atoms with Crippen LogP contribution in [-0.2, 0) is 11.3 Å². The number of amides is 1. The van der Waals surface area contributed by atoms with Gasteiger partial charge in [0.2, 0.25) is 12.7 Å². The molecule has 0 fully saturated rings. The molecule has 0 aliphatic carbocycles. The lowest BCUT2D eigenvalue weighted by atomic mass is 10.1. The average molecular weight is 256 g/mol. The van der Waals surface area contributed by atoms with Gasteiger partial charge in [0.25, 0.3) is 0 Å². The molecule has 4 nitrogen and oxygen atoms in total. The molecule has 0 saturated heterocycles. The van der Waals surface area contributed by atoms with Crippen molar-refractivity contribution in [2.24, 2.45) is 0 Å². The number of hydrogen-bond donors (Lipinski definition) is 0. The topological polar surface area (TPSA) is 38.8 Å². The van der Waals surface area contributed by atoms with E-state index in [4.69, 9.17) is 21.1 Å². The van der Waals surface area contributed by atoms with Crippen LogP contribution in [0.5, 0.6) is 11.5 Å². The van der Waals surface area contributed by atoms with Crippen molar-refractivity contribution >= 4 is 17.5 Å². The molecule has 1 aromatic rings. The molecular formula is C12H14ClNO3. The van der Waals surface area contributed by atoms with Gasteiger partial charge in [-0.3, -0.25) is 4.79 Å². The largest absolute Gasteiger partial charge is 0.454 e. The Morgan fingerprint density at radius 3 is 3.00 bits per heavy atom. The molecule has 0 unspecified atom stereocenters. The summed E-state index contributed by atoms with van der Waals surface area (Å²) in [5.41, 5.74) is 0.945. The molecule has 1 amide bonds. The number of benzene rings is 1. The molecule has 1 aromatic carbocycles. The molecule has 1 aliphatic rings. The van der Waals surface area contributed by atoms with Crippen molar-refractivity contribution in [3.05, 3.63) is 23.8 Å². The lowest BCUT2D eigenvalue weighted by Crippen LogP contribution is -2.31. The summed E-state index contributed by atoms with van der Waals surface area (Å²) in [6, 6.07) is 5.67. The van der Waals surface area contributed by atoms with Crippen molar-refractivity contribution in [3.8, 4) is 11.5 Å². The fourth-order valence-electron chi connectivity index (χ4n) is 1.78. The van der Waals surface area contributed by atoms with Gasteiger partial charge in [0.15, 0.2) is 11.5 Å². The molecule has 2 rings (SSSR count). The Kier molecular flexibility index (Phi) is 3.74. The lowest BCUT2D eigenvalue weighted by Gasteiger charge is -2.20. The number of carbonyl (C=O) groups is 1. The van der Waals surface area contributed by atoms with E-state index in [1.807, 2.05) is 25.1 Å². The van der Waals surface area contributed by atoms with Gasteiger partial charge in [-0.05, 0) is 13.0 Å². The molecule has 92 valence electrons. The summed E-state index contributed by atoms with van der Waals surface area (Å²) in [7, 11) is 0. The van der Waals surface area contributed by atoms with Crippen LogP contribution in [0.15, 0.2) is 18.2 Å².